The fraction of sp³-hybridized carbons (Fsp3) is 0.344. The number of amides is 1. The molecule has 0 N–H and O–H groups in total. The second-order valence-electron chi connectivity index (χ2n) is 10.1. The quantitative estimate of drug-likeness (QED) is 0.315. The van der Waals surface area contributed by atoms with Gasteiger partial charge in [0.05, 0.1) is 7.11 Å². The van der Waals surface area contributed by atoms with Crippen molar-refractivity contribution in [3.8, 4) is 5.75 Å². The largest absolute Gasteiger partial charge is 0.497 e. The van der Waals surface area contributed by atoms with E-state index >= 15 is 0 Å². The molecule has 3 aromatic carbocycles. The van der Waals surface area contributed by atoms with Gasteiger partial charge in [-0.25, -0.2) is 0 Å². The summed E-state index contributed by atoms with van der Waals surface area (Å²) in [5.74, 6) is 1.02. The maximum Gasteiger partial charge on any atom is 0.223 e. The van der Waals surface area contributed by atoms with E-state index in [1.165, 1.54) is 27.6 Å². The number of benzene rings is 3. The van der Waals surface area contributed by atoms with Gasteiger partial charge in [-0.3, -0.25) is 4.79 Å². The Kier molecular flexibility index (Phi) is 7.61. The average Bonchev–Trinajstić information content (AvgIpc) is 3.31. The van der Waals surface area contributed by atoms with Gasteiger partial charge in [0.1, 0.15) is 5.75 Å². The molecule has 5 nitrogen and oxygen atoms in total. The summed E-state index contributed by atoms with van der Waals surface area (Å²) < 4.78 is 7.75. The molecule has 1 aliphatic rings. The molecule has 1 aromatic heterocycles. The average molecular weight is 496 g/mol. The first-order valence-corrected chi connectivity index (χ1v) is 13.3. The molecule has 2 heterocycles. The van der Waals surface area contributed by atoms with Crippen molar-refractivity contribution in [3.63, 3.8) is 0 Å². The van der Waals surface area contributed by atoms with Crippen LogP contribution < -0.4 is 4.74 Å². The third kappa shape index (κ3) is 5.57. The molecule has 37 heavy (non-hydrogen) atoms. The van der Waals surface area contributed by atoms with Gasteiger partial charge in [-0.15, -0.1) is 0 Å². The topological polar surface area (TPSA) is 37.7 Å². The Bertz CT molecular complexity index is 1330. The molecule has 0 bridgehead atoms. The van der Waals surface area contributed by atoms with Crippen LogP contribution in [0.3, 0.4) is 0 Å². The number of nitrogens with zero attached hydrogens (tertiary/aromatic N) is 3. The molecule has 1 unspecified atom stereocenters. The molecule has 192 valence electrons. The molecular formula is C32H37N3O2. The van der Waals surface area contributed by atoms with E-state index in [9.17, 15) is 4.79 Å². The number of hydrogen-bond donors (Lipinski definition) is 0. The molecule has 1 aliphatic heterocycles. The molecule has 0 radical (unpaired) electrons. The van der Waals surface area contributed by atoms with Crippen molar-refractivity contribution in [2.75, 3.05) is 39.8 Å². The van der Waals surface area contributed by atoms with Crippen LogP contribution in [0.5, 0.6) is 5.75 Å². The second-order valence-corrected chi connectivity index (χ2v) is 10.1. The third-order valence-electron chi connectivity index (χ3n) is 7.74. The maximum atomic E-state index is 13.6. The summed E-state index contributed by atoms with van der Waals surface area (Å²) in [4.78, 5) is 18.1. The molecular weight excluding hydrogens is 458 g/mol. The van der Waals surface area contributed by atoms with Gasteiger partial charge in [-0.1, -0.05) is 67.1 Å². The SMILES string of the molecule is CCN1CCN(C(=O)CC(c2ccc(OC)cc2)c2cn(Cc3ccc(C)cc3)c3ccccc23)CC1. The van der Waals surface area contributed by atoms with Crippen molar-refractivity contribution >= 4 is 16.8 Å². The van der Waals surface area contributed by atoms with E-state index in [0.717, 1.165) is 50.6 Å². The standard InChI is InChI=1S/C32H37N3O2/c1-4-33-17-19-34(20-18-33)32(36)21-29(26-13-15-27(37-3)16-14-26)30-23-35(31-8-6-5-7-28(30)31)22-25-11-9-24(2)10-12-25/h5-16,23,29H,4,17-22H2,1-3H3. The number of fused-ring (bicyclic) bond motifs is 1. The highest BCUT2D eigenvalue weighted by atomic mass is 16.5. The number of para-hydroxylation sites is 1. The zero-order valence-electron chi connectivity index (χ0n) is 22.2. The van der Waals surface area contributed by atoms with Crippen molar-refractivity contribution in [2.24, 2.45) is 0 Å². The number of carbonyl (C=O) groups excluding carboxylic acids is 1. The Hall–Kier alpha value is -3.57. The highest BCUT2D eigenvalue weighted by Crippen LogP contribution is 2.36. The van der Waals surface area contributed by atoms with Gasteiger partial charge >= 0.3 is 0 Å². The number of ether oxygens (including phenoxy) is 1. The van der Waals surface area contributed by atoms with Gasteiger partial charge < -0.3 is 19.1 Å². The van der Waals surface area contributed by atoms with E-state index in [1.807, 2.05) is 17.0 Å². The van der Waals surface area contributed by atoms with Crippen LogP contribution in [0.2, 0.25) is 0 Å². The van der Waals surface area contributed by atoms with Crippen LogP contribution in [-0.4, -0.2) is 60.1 Å². The van der Waals surface area contributed by atoms with Crippen molar-refractivity contribution in [1.82, 2.24) is 14.4 Å². The van der Waals surface area contributed by atoms with Crippen molar-refractivity contribution in [1.29, 1.82) is 0 Å². The van der Waals surface area contributed by atoms with E-state index in [4.69, 9.17) is 4.74 Å². The number of piperazine rings is 1. The predicted molar refractivity (Wildman–Crippen MR) is 150 cm³/mol. The van der Waals surface area contributed by atoms with Gasteiger partial charge in [0.25, 0.3) is 0 Å². The molecule has 5 rings (SSSR count). The third-order valence-corrected chi connectivity index (χ3v) is 7.74. The molecule has 5 heteroatoms. The Morgan fingerprint density at radius 2 is 1.62 bits per heavy atom. The molecule has 1 amide bonds. The Morgan fingerprint density at radius 1 is 0.919 bits per heavy atom. The van der Waals surface area contributed by atoms with Gasteiger partial charge in [-0.2, -0.15) is 0 Å². The van der Waals surface area contributed by atoms with E-state index in [2.05, 4.69) is 90.2 Å². The van der Waals surface area contributed by atoms with Gasteiger partial charge in [0.2, 0.25) is 5.91 Å². The number of aromatic nitrogens is 1. The van der Waals surface area contributed by atoms with E-state index in [1.54, 1.807) is 7.11 Å². The lowest BCUT2D eigenvalue weighted by Gasteiger charge is -2.34. The summed E-state index contributed by atoms with van der Waals surface area (Å²) in [6.45, 7) is 9.64. The van der Waals surface area contributed by atoms with Crippen LogP contribution in [0.4, 0.5) is 0 Å². The molecule has 4 aromatic rings. The van der Waals surface area contributed by atoms with Crippen LogP contribution >= 0.6 is 0 Å². The molecule has 0 spiro atoms. The Balaban J connectivity index is 1.51. The van der Waals surface area contributed by atoms with Crippen molar-refractivity contribution in [2.45, 2.75) is 32.7 Å². The number of likely N-dealkylation sites (N-methyl/N-ethyl adjacent to an activating group) is 1. The fourth-order valence-corrected chi connectivity index (χ4v) is 5.43. The molecule has 1 saturated heterocycles. The second kappa shape index (κ2) is 11.2. The summed E-state index contributed by atoms with van der Waals surface area (Å²) in [7, 11) is 1.69. The highest BCUT2D eigenvalue weighted by molar-refractivity contribution is 5.87. The van der Waals surface area contributed by atoms with E-state index in [0.29, 0.717) is 6.42 Å². The summed E-state index contributed by atoms with van der Waals surface area (Å²) >= 11 is 0. The van der Waals surface area contributed by atoms with E-state index in [-0.39, 0.29) is 11.8 Å². The molecule has 1 atom stereocenters. The van der Waals surface area contributed by atoms with Crippen molar-refractivity contribution < 1.29 is 9.53 Å². The van der Waals surface area contributed by atoms with Gasteiger partial charge in [-0.05, 0) is 48.4 Å². The van der Waals surface area contributed by atoms with Crippen LogP contribution in [0, 0.1) is 6.92 Å². The molecule has 1 fully saturated rings. The number of rotatable bonds is 8. The number of aryl methyl sites for hydroxylation is 1. The number of hydrogen-bond acceptors (Lipinski definition) is 3. The highest BCUT2D eigenvalue weighted by Gasteiger charge is 2.27. The van der Waals surface area contributed by atoms with Crippen LogP contribution in [0.1, 0.15) is 41.5 Å². The molecule has 0 saturated carbocycles. The summed E-state index contributed by atoms with van der Waals surface area (Å²) in [5.41, 5.74) is 6.07. The smallest absolute Gasteiger partial charge is 0.223 e. The lowest BCUT2D eigenvalue weighted by Crippen LogP contribution is -2.48. The minimum absolute atomic E-state index is 0.0354. The fourth-order valence-electron chi connectivity index (χ4n) is 5.43. The zero-order chi connectivity index (χ0) is 25.8. The first kappa shape index (κ1) is 25.1. The van der Waals surface area contributed by atoms with Gasteiger partial charge in [0, 0.05) is 62.2 Å². The maximum absolute atomic E-state index is 13.6. The van der Waals surface area contributed by atoms with E-state index < -0.39 is 0 Å². The lowest BCUT2D eigenvalue weighted by molar-refractivity contribution is -0.133. The van der Waals surface area contributed by atoms with Crippen molar-refractivity contribution in [3.05, 3.63) is 101 Å². The Labute approximate surface area is 220 Å². The Morgan fingerprint density at radius 3 is 2.30 bits per heavy atom. The van der Waals surface area contributed by atoms with Crippen LogP contribution in [-0.2, 0) is 11.3 Å². The zero-order valence-corrected chi connectivity index (χ0v) is 22.2. The summed E-state index contributed by atoms with van der Waals surface area (Å²) in [6.07, 6.45) is 2.72. The van der Waals surface area contributed by atoms with Crippen LogP contribution in [0.15, 0.2) is 79.0 Å². The van der Waals surface area contributed by atoms with Gasteiger partial charge in [0.15, 0.2) is 0 Å². The minimum atomic E-state index is -0.0354. The minimum Gasteiger partial charge on any atom is -0.497 e. The predicted octanol–water partition coefficient (Wildman–Crippen LogP) is 5.69. The normalized spacial score (nSPS) is 15.2. The first-order valence-electron chi connectivity index (χ1n) is 13.3. The lowest BCUT2D eigenvalue weighted by atomic mass is 9.87. The summed E-state index contributed by atoms with van der Waals surface area (Å²) in [6, 6.07) is 25.5. The summed E-state index contributed by atoms with van der Waals surface area (Å²) in [5, 5.41) is 1.21. The van der Waals surface area contributed by atoms with Crippen LogP contribution in [0.25, 0.3) is 10.9 Å². The first-order chi connectivity index (χ1) is 18.1. The number of carbonyl (C=O) groups is 1. The number of methoxy groups -OCH3 is 1. The monoisotopic (exact) mass is 495 g/mol. The molecule has 0 aliphatic carbocycles.